The summed E-state index contributed by atoms with van der Waals surface area (Å²) in [4.78, 5) is 12.1. The summed E-state index contributed by atoms with van der Waals surface area (Å²) in [6, 6.07) is 1.88. The van der Waals surface area contributed by atoms with Crippen molar-refractivity contribution in [2.24, 2.45) is 0 Å². The summed E-state index contributed by atoms with van der Waals surface area (Å²) in [6.45, 7) is 3.69. The third kappa shape index (κ3) is 0.955. The molecule has 0 atom stereocenters. The second-order valence-electron chi connectivity index (χ2n) is 2.36. The summed E-state index contributed by atoms with van der Waals surface area (Å²) in [7, 11) is 0. The molecule has 0 bridgehead atoms. The van der Waals surface area contributed by atoms with E-state index in [0.29, 0.717) is 0 Å². The molecular formula is C9H7N3. The molecule has 0 saturated carbocycles. The molecule has 0 fully saturated rings. The second kappa shape index (κ2) is 2.70. The summed E-state index contributed by atoms with van der Waals surface area (Å²) >= 11 is 0. The van der Waals surface area contributed by atoms with Crippen molar-refractivity contribution >= 4 is 17.1 Å². The van der Waals surface area contributed by atoms with Crippen molar-refractivity contribution in [3.63, 3.8) is 0 Å². The van der Waals surface area contributed by atoms with Crippen LogP contribution in [0.4, 0.5) is 0 Å². The van der Waals surface area contributed by atoms with Crippen LogP contribution in [0, 0.1) is 0 Å². The lowest BCUT2D eigenvalue weighted by Gasteiger charge is -1.97. The van der Waals surface area contributed by atoms with Crippen LogP contribution in [0.15, 0.2) is 31.4 Å². The van der Waals surface area contributed by atoms with Crippen molar-refractivity contribution in [1.82, 2.24) is 15.0 Å². The molecule has 0 saturated heterocycles. The van der Waals surface area contributed by atoms with E-state index in [1.807, 2.05) is 6.07 Å². The lowest BCUT2D eigenvalue weighted by Crippen LogP contribution is -1.86. The first-order valence-corrected chi connectivity index (χ1v) is 3.59. The molecule has 12 heavy (non-hydrogen) atoms. The van der Waals surface area contributed by atoms with Crippen LogP contribution in [0.1, 0.15) is 5.56 Å². The Balaban J connectivity index is 2.88. The summed E-state index contributed by atoms with van der Waals surface area (Å²) < 4.78 is 0. The largest absolute Gasteiger partial charge is 0.253 e. The molecule has 3 heteroatoms. The molecule has 2 heterocycles. The Morgan fingerprint density at radius 3 is 3.08 bits per heavy atom. The maximum Gasteiger partial charge on any atom is 0.116 e. The van der Waals surface area contributed by atoms with E-state index in [9.17, 15) is 0 Å². The third-order valence-electron chi connectivity index (χ3n) is 1.65. The van der Waals surface area contributed by atoms with Gasteiger partial charge in [-0.25, -0.2) is 9.97 Å². The smallest absolute Gasteiger partial charge is 0.116 e. The highest BCUT2D eigenvalue weighted by molar-refractivity contribution is 5.82. The summed E-state index contributed by atoms with van der Waals surface area (Å²) in [5, 5.41) is 0. The van der Waals surface area contributed by atoms with E-state index in [1.54, 1.807) is 18.5 Å². The van der Waals surface area contributed by atoms with Crippen LogP contribution >= 0.6 is 0 Å². The lowest BCUT2D eigenvalue weighted by molar-refractivity contribution is 1.19. The van der Waals surface area contributed by atoms with Crippen LogP contribution in [-0.2, 0) is 0 Å². The molecule has 0 aromatic carbocycles. The Morgan fingerprint density at radius 1 is 1.33 bits per heavy atom. The normalized spacial score (nSPS) is 10.0. The molecule has 58 valence electrons. The van der Waals surface area contributed by atoms with Gasteiger partial charge in [-0.3, -0.25) is 4.98 Å². The Bertz CT molecular complexity index is 418. The maximum atomic E-state index is 4.12. The van der Waals surface area contributed by atoms with Crippen LogP contribution in [0.3, 0.4) is 0 Å². The van der Waals surface area contributed by atoms with E-state index in [0.717, 1.165) is 16.6 Å². The topological polar surface area (TPSA) is 38.7 Å². The molecular weight excluding hydrogens is 150 g/mol. The second-order valence-corrected chi connectivity index (χ2v) is 2.36. The van der Waals surface area contributed by atoms with E-state index >= 15 is 0 Å². The molecule has 0 N–H and O–H groups in total. The molecule has 0 unspecified atom stereocenters. The summed E-state index contributed by atoms with van der Waals surface area (Å²) in [5.74, 6) is 0. The van der Waals surface area contributed by atoms with Gasteiger partial charge in [-0.15, -0.1) is 0 Å². The van der Waals surface area contributed by atoms with Gasteiger partial charge in [-0.05, 0) is 6.07 Å². The quantitative estimate of drug-likeness (QED) is 0.632. The van der Waals surface area contributed by atoms with Crippen molar-refractivity contribution < 1.29 is 0 Å². The molecule has 0 aliphatic rings. The zero-order valence-corrected chi connectivity index (χ0v) is 6.44. The monoisotopic (exact) mass is 157 g/mol. The average Bonchev–Trinajstić information content (AvgIpc) is 2.17. The number of hydrogen-bond acceptors (Lipinski definition) is 3. The van der Waals surface area contributed by atoms with Gasteiger partial charge in [0.2, 0.25) is 0 Å². The van der Waals surface area contributed by atoms with Crippen molar-refractivity contribution in [3.8, 4) is 0 Å². The van der Waals surface area contributed by atoms with Crippen molar-refractivity contribution in [3.05, 3.63) is 36.9 Å². The number of fused-ring (bicyclic) bond motifs is 1. The minimum atomic E-state index is 0.801. The predicted molar refractivity (Wildman–Crippen MR) is 47.4 cm³/mol. The summed E-state index contributed by atoms with van der Waals surface area (Å²) in [5.41, 5.74) is 2.64. The minimum absolute atomic E-state index is 0.801. The van der Waals surface area contributed by atoms with Gasteiger partial charge in [0.15, 0.2) is 0 Å². The zero-order chi connectivity index (χ0) is 8.39. The van der Waals surface area contributed by atoms with Gasteiger partial charge in [0, 0.05) is 11.8 Å². The van der Waals surface area contributed by atoms with Gasteiger partial charge < -0.3 is 0 Å². The molecule has 3 nitrogen and oxygen atoms in total. The van der Waals surface area contributed by atoms with Crippen LogP contribution in [0.25, 0.3) is 17.1 Å². The van der Waals surface area contributed by atoms with Crippen LogP contribution < -0.4 is 0 Å². The van der Waals surface area contributed by atoms with E-state index in [1.165, 1.54) is 6.33 Å². The van der Waals surface area contributed by atoms with Gasteiger partial charge in [0.25, 0.3) is 0 Å². The van der Waals surface area contributed by atoms with Gasteiger partial charge in [0.1, 0.15) is 11.8 Å². The van der Waals surface area contributed by atoms with Crippen molar-refractivity contribution in [2.75, 3.05) is 0 Å². The first-order chi connectivity index (χ1) is 5.92. The van der Waals surface area contributed by atoms with E-state index in [-0.39, 0.29) is 0 Å². The van der Waals surface area contributed by atoms with Crippen molar-refractivity contribution in [1.29, 1.82) is 0 Å². The predicted octanol–water partition coefficient (Wildman–Crippen LogP) is 1.67. The van der Waals surface area contributed by atoms with Gasteiger partial charge in [-0.2, -0.15) is 0 Å². The first-order valence-electron chi connectivity index (χ1n) is 3.59. The molecule has 0 radical (unpaired) electrons. The summed E-state index contributed by atoms with van der Waals surface area (Å²) in [6.07, 6.45) is 6.69. The molecule has 0 spiro atoms. The zero-order valence-electron chi connectivity index (χ0n) is 6.44. The highest BCUT2D eigenvalue weighted by Gasteiger charge is 1.97. The first kappa shape index (κ1) is 6.91. The van der Waals surface area contributed by atoms with E-state index in [4.69, 9.17) is 0 Å². The van der Waals surface area contributed by atoms with Gasteiger partial charge in [0.05, 0.1) is 11.7 Å². The van der Waals surface area contributed by atoms with Gasteiger partial charge >= 0.3 is 0 Å². The molecule has 0 aliphatic carbocycles. The number of hydrogen-bond donors (Lipinski definition) is 0. The van der Waals surface area contributed by atoms with Crippen molar-refractivity contribution in [2.45, 2.75) is 0 Å². The van der Waals surface area contributed by atoms with Crippen LogP contribution in [-0.4, -0.2) is 15.0 Å². The fourth-order valence-electron chi connectivity index (χ4n) is 1.08. The number of rotatable bonds is 1. The van der Waals surface area contributed by atoms with Crippen LogP contribution in [0.2, 0.25) is 0 Å². The Kier molecular flexibility index (Phi) is 1.55. The van der Waals surface area contributed by atoms with E-state index in [2.05, 4.69) is 21.5 Å². The molecule has 0 aliphatic heterocycles. The molecule has 2 aromatic heterocycles. The standard InChI is InChI=1S/C9H7N3/c1-2-7-3-4-11-8-5-10-6-12-9(7)8/h2-6H,1H2. The Hall–Kier alpha value is -1.77. The number of pyridine rings is 1. The molecule has 2 rings (SSSR count). The third-order valence-corrected chi connectivity index (χ3v) is 1.65. The lowest BCUT2D eigenvalue weighted by atomic mass is 10.2. The fraction of sp³-hybridized carbons (Fsp3) is 0. The number of aromatic nitrogens is 3. The highest BCUT2D eigenvalue weighted by Crippen LogP contribution is 2.12. The van der Waals surface area contributed by atoms with Crippen LogP contribution in [0.5, 0.6) is 0 Å². The highest BCUT2D eigenvalue weighted by atomic mass is 14.8. The molecule has 0 amide bonds. The number of nitrogens with zero attached hydrogens (tertiary/aromatic N) is 3. The fourth-order valence-corrected chi connectivity index (χ4v) is 1.08. The van der Waals surface area contributed by atoms with Gasteiger partial charge in [-0.1, -0.05) is 12.7 Å². The maximum absolute atomic E-state index is 4.12. The Morgan fingerprint density at radius 2 is 2.25 bits per heavy atom. The van der Waals surface area contributed by atoms with E-state index < -0.39 is 0 Å². The molecule has 2 aromatic rings. The SMILES string of the molecule is C=Cc1ccnc2cncnc12. The average molecular weight is 157 g/mol. The minimum Gasteiger partial charge on any atom is -0.253 e. The Labute approximate surface area is 69.8 Å².